The lowest BCUT2D eigenvalue weighted by Gasteiger charge is -2.32. The molecule has 0 aliphatic heterocycles. The van der Waals surface area contributed by atoms with Crippen LogP contribution in [0.5, 0.6) is 5.75 Å². The van der Waals surface area contributed by atoms with Crippen LogP contribution in [0.25, 0.3) is 0 Å². The predicted molar refractivity (Wildman–Crippen MR) is 158 cm³/mol. The molecule has 3 rings (SSSR count). The zero-order valence-corrected chi connectivity index (χ0v) is 24.8. The maximum absolute atomic E-state index is 13.9. The predicted octanol–water partition coefficient (Wildman–Crippen LogP) is 5.27. The van der Waals surface area contributed by atoms with Crippen LogP contribution in [0.1, 0.15) is 39.7 Å². The quantitative estimate of drug-likeness (QED) is 0.295. The average molecular weight is 586 g/mol. The van der Waals surface area contributed by atoms with E-state index in [2.05, 4.69) is 5.32 Å². The van der Waals surface area contributed by atoms with E-state index in [0.717, 1.165) is 16.3 Å². The van der Waals surface area contributed by atoms with Crippen LogP contribution >= 0.6 is 11.6 Å². The van der Waals surface area contributed by atoms with E-state index in [0.29, 0.717) is 17.4 Å². The molecule has 0 aromatic heterocycles. The normalized spacial score (nSPS) is 12.7. The summed E-state index contributed by atoms with van der Waals surface area (Å²) in [6.07, 6.45) is 0.732. The molecular formula is C30H36ClN3O5S. The molecule has 0 unspecified atom stereocenters. The number of nitrogens with zero attached hydrogens (tertiary/aromatic N) is 2. The van der Waals surface area contributed by atoms with Crippen molar-refractivity contribution in [3.05, 3.63) is 89.4 Å². The Bertz CT molecular complexity index is 1370. The first-order chi connectivity index (χ1) is 19.1. The van der Waals surface area contributed by atoms with Gasteiger partial charge in [0.2, 0.25) is 11.8 Å². The molecule has 0 aliphatic rings. The van der Waals surface area contributed by atoms with Crippen LogP contribution in [-0.2, 0) is 26.2 Å². The first kappa shape index (κ1) is 31.0. The molecule has 214 valence electrons. The monoisotopic (exact) mass is 585 g/mol. The van der Waals surface area contributed by atoms with E-state index in [-0.39, 0.29) is 29.1 Å². The number of rotatable bonds is 13. The van der Waals surface area contributed by atoms with Crippen molar-refractivity contribution >= 4 is 39.1 Å². The highest BCUT2D eigenvalue weighted by atomic mass is 35.5. The largest absolute Gasteiger partial charge is 0.494 e. The SMILES string of the molecule is CCOc1ccc(N(CC(=O)N(Cc2ccccc2)[C@@H](C)C(=O)N[C@@H](C)CC)S(=O)(=O)c2ccc(Cl)cc2)cc1. The van der Waals surface area contributed by atoms with Gasteiger partial charge in [-0.05, 0) is 81.3 Å². The Kier molecular flexibility index (Phi) is 11.0. The van der Waals surface area contributed by atoms with E-state index >= 15 is 0 Å². The number of carbonyl (C=O) groups excluding carboxylic acids is 2. The van der Waals surface area contributed by atoms with Crippen molar-refractivity contribution in [2.75, 3.05) is 17.5 Å². The Morgan fingerprint density at radius 1 is 0.925 bits per heavy atom. The van der Waals surface area contributed by atoms with Crippen LogP contribution in [0.4, 0.5) is 5.69 Å². The fraction of sp³-hybridized carbons (Fsp3) is 0.333. The standard InChI is InChI=1S/C30H36ClN3O5S/c1-5-22(3)32-30(36)23(4)33(20-24-10-8-7-9-11-24)29(35)21-34(26-14-16-27(17-15-26)39-6-2)40(37,38)28-18-12-25(31)13-19-28/h7-19,22-23H,5-6,20-21H2,1-4H3,(H,32,36)/t22-,23-/m0/s1. The fourth-order valence-corrected chi connectivity index (χ4v) is 5.51. The molecule has 0 aliphatic carbocycles. The smallest absolute Gasteiger partial charge is 0.264 e. The minimum Gasteiger partial charge on any atom is -0.494 e. The highest BCUT2D eigenvalue weighted by Crippen LogP contribution is 2.27. The fourth-order valence-electron chi connectivity index (χ4n) is 3.97. The topological polar surface area (TPSA) is 96.0 Å². The van der Waals surface area contributed by atoms with E-state index in [1.807, 2.05) is 51.1 Å². The van der Waals surface area contributed by atoms with Crippen molar-refractivity contribution in [3.8, 4) is 5.75 Å². The van der Waals surface area contributed by atoms with E-state index in [4.69, 9.17) is 16.3 Å². The van der Waals surface area contributed by atoms with Gasteiger partial charge in [0, 0.05) is 17.6 Å². The molecule has 0 saturated carbocycles. The van der Waals surface area contributed by atoms with Gasteiger partial charge in [0.1, 0.15) is 18.3 Å². The molecule has 1 N–H and O–H groups in total. The molecule has 40 heavy (non-hydrogen) atoms. The van der Waals surface area contributed by atoms with E-state index in [9.17, 15) is 18.0 Å². The van der Waals surface area contributed by atoms with Crippen molar-refractivity contribution < 1.29 is 22.7 Å². The Morgan fingerprint density at radius 2 is 1.55 bits per heavy atom. The van der Waals surface area contributed by atoms with Crippen molar-refractivity contribution in [2.45, 2.75) is 57.6 Å². The van der Waals surface area contributed by atoms with Gasteiger partial charge in [-0.15, -0.1) is 0 Å². The van der Waals surface area contributed by atoms with E-state index in [1.165, 1.54) is 29.2 Å². The average Bonchev–Trinajstić information content (AvgIpc) is 2.95. The summed E-state index contributed by atoms with van der Waals surface area (Å²) in [5, 5.41) is 3.31. The summed E-state index contributed by atoms with van der Waals surface area (Å²) < 4.78 is 34.3. The molecule has 3 aromatic rings. The van der Waals surface area contributed by atoms with Gasteiger partial charge in [0.15, 0.2) is 0 Å². The molecule has 2 amide bonds. The number of hydrogen-bond acceptors (Lipinski definition) is 5. The minimum atomic E-state index is -4.18. The number of carbonyl (C=O) groups is 2. The number of benzene rings is 3. The van der Waals surface area contributed by atoms with Gasteiger partial charge >= 0.3 is 0 Å². The summed E-state index contributed by atoms with van der Waals surface area (Å²) in [5.41, 5.74) is 1.09. The molecule has 0 fully saturated rings. The molecule has 3 aromatic carbocycles. The van der Waals surface area contributed by atoms with Crippen LogP contribution in [0.15, 0.2) is 83.8 Å². The second-order valence-corrected chi connectivity index (χ2v) is 11.7. The number of halogens is 1. The second kappa shape index (κ2) is 14.2. The van der Waals surface area contributed by atoms with Gasteiger partial charge in [-0.3, -0.25) is 13.9 Å². The zero-order chi connectivity index (χ0) is 29.3. The lowest BCUT2D eigenvalue weighted by Crippen LogP contribution is -2.52. The Morgan fingerprint density at radius 3 is 2.12 bits per heavy atom. The zero-order valence-electron chi connectivity index (χ0n) is 23.2. The van der Waals surface area contributed by atoms with Crippen LogP contribution in [0.3, 0.4) is 0 Å². The van der Waals surface area contributed by atoms with Crippen molar-refractivity contribution in [3.63, 3.8) is 0 Å². The number of sulfonamides is 1. The number of anilines is 1. The summed E-state index contributed by atoms with van der Waals surface area (Å²) in [4.78, 5) is 28.4. The molecule has 0 spiro atoms. The van der Waals surface area contributed by atoms with Crippen LogP contribution in [-0.4, -0.2) is 50.4 Å². The summed E-state index contributed by atoms with van der Waals surface area (Å²) >= 11 is 6.00. The van der Waals surface area contributed by atoms with Crippen molar-refractivity contribution in [2.24, 2.45) is 0 Å². The van der Waals surface area contributed by atoms with Crippen molar-refractivity contribution in [1.82, 2.24) is 10.2 Å². The van der Waals surface area contributed by atoms with Gasteiger partial charge in [-0.2, -0.15) is 0 Å². The van der Waals surface area contributed by atoms with Gasteiger partial charge in [-0.1, -0.05) is 48.9 Å². The van der Waals surface area contributed by atoms with Gasteiger partial charge < -0.3 is 15.0 Å². The van der Waals surface area contributed by atoms with Crippen LogP contribution in [0.2, 0.25) is 5.02 Å². The van der Waals surface area contributed by atoms with Gasteiger partial charge in [0.05, 0.1) is 17.2 Å². The van der Waals surface area contributed by atoms with Gasteiger partial charge in [-0.25, -0.2) is 8.42 Å². The summed E-state index contributed by atoms with van der Waals surface area (Å²) in [6, 6.07) is 20.6. The maximum Gasteiger partial charge on any atom is 0.264 e. The summed E-state index contributed by atoms with van der Waals surface area (Å²) in [6.45, 7) is 7.41. The number of ether oxygens (including phenoxy) is 1. The molecule has 0 bridgehead atoms. The summed E-state index contributed by atoms with van der Waals surface area (Å²) in [7, 11) is -4.18. The first-order valence-corrected chi connectivity index (χ1v) is 15.0. The Balaban J connectivity index is 2.01. The Labute approximate surface area is 241 Å². The lowest BCUT2D eigenvalue weighted by molar-refractivity contribution is -0.139. The van der Waals surface area contributed by atoms with Crippen molar-refractivity contribution in [1.29, 1.82) is 0 Å². The molecule has 0 heterocycles. The third-order valence-corrected chi connectivity index (χ3v) is 8.52. The summed E-state index contributed by atoms with van der Waals surface area (Å²) in [5.74, 6) is -0.267. The molecule has 0 saturated heterocycles. The molecule has 2 atom stereocenters. The molecular weight excluding hydrogens is 550 g/mol. The maximum atomic E-state index is 13.9. The first-order valence-electron chi connectivity index (χ1n) is 13.2. The molecule has 8 nitrogen and oxygen atoms in total. The molecule has 10 heteroatoms. The van der Waals surface area contributed by atoms with Crippen LogP contribution in [0, 0.1) is 0 Å². The van der Waals surface area contributed by atoms with E-state index < -0.39 is 28.5 Å². The number of amides is 2. The number of hydrogen-bond donors (Lipinski definition) is 1. The molecule has 0 radical (unpaired) electrons. The Hall–Kier alpha value is -3.56. The highest BCUT2D eigenvalue weighted by molar-refractivity contribution is 7.92. The van der Waals surface area contributed by atoms with Crippen LogP contribution < -0.4 is 14.4 Å². The minimum absolute atomic E-state index is 0.0178. The third kappa shape index (κ3) is 7.99. The lowest BCUT2D eigenvalue weighted by atomic mass is 10.1. The highest BCUT2D eigenvalue weighted by Gasteiger charge is 2.32. The number of nitrogens with one attached hydrogen (secondary N) is 1. The van der Waals surface area contributed by atoms with E-state index in [1.54, 1.807) is 31.2 Å². The van der Waals surface area contributed by atoms with Gasteiger partial charge in [0.25, 0.3) is 10.0 Å². The third-order valence-electron chi connectivity index (χ3n) is 6.48. The second-order valence-electron chi connectivity index (χ2n) is 9.39.